The molecule has 1 aromatic carbocycles. The highest BCUT2D eigenvalue weighted by molar-refractivity contribution is 6.84. The standard InChI is InChI=1S/C16H26O2Si/c1-19(2,14-10-6-5-7-11-14)18-16-13-9-4-3-8-12-15(16)17/h5-7,10-11,15-17H,3-4,8-9,12-13H2,1-2H3/t15-,16+/m0/s1. The lowest BCUT2D eigenvalue weighted by atomic mass is 9.96. The number of benzene rings is 1. The van der Waals surface area contributed by atoms with Gasteiger partial charge in [0.2, 0.25) is 8.32 Å². The van der Waals surface area contributed by atoms with E-state index in [1.165, 1.54) is 24.4 Å². The van der Waals surface area contributed by atoms with Crippen LogP contribution in [-0.4, -0.2) is 25.6 Å². The number of hydrogen-bond acceptors (Lipinski definition) is 2. The monoisotopic (exact) mass is 278 g/mol. The summed E-state index contributed by atoms with van der Waals surface area (Å²) in [6.07, 6.45) is 6.49. The van der Waals surface area contributed by atoms with E-state index < -0.39 is 8.32 Å². The van der Waals surface area contributed by atoms with Gasteiger partial charge in [0.15, 0.2) is 0 Å². The third-order valence-corrected chi connectivity index (χ3v) is 6.70. The Morgan fingerprint density at radius 3 is 2.32 bits per heavy atom. The van der Waals surface area contributed by atoms with Crippen LogP contribution in [0.25, 0.3) is 0 Å². The van der Waals surface area contributed by atoms with Crippen molar-refractivity contribution in [2.75, 3.05) is 0 Å². The number of rotatable bonds is 3. The van der Waals surface area contributed by atoms with Crippen molar-refractivity contribution in [1.82, 2.24) is 0 Å². The number of aliphatic hydroxyl groups is 1. The number of hydrogen-bond donors (Lipinski definition) is 1. The van der Waals surface area contributed by atoms with Crippen molar-refractivity contribution >= 4 is 13.5 Å². The SMILES string of the molecule is C[Si](C)(O[C@@H]1CCCCCC[C@@H]1O)c1ccccc1. The molecule has 0 unspecified atom stereocenters. The summed E-state index contributed by atoms with van der Waals surface area (Å²) in [4.78, 5) is 0. The van der Waals surface area contributed by atoms with Crippen molar-refractivity contribution in [1.29, 1.82) is 0 Å². The summed E-state index contributed by atoms with van der Waals surface area (Å²) in [5, 5.41) is 11.6. The molecule has 0 radical (unpaired) electrons. The molecule has 1 aliphatic rings. The average Bonchev–Trinajstić information content (AvgIpc) is 2.40. The van der Waals surface area contributed by atoms with Gasteiger partial charge in [-0.15, -0.1) is 0 Å². The average molecular weight is 278 g/mol. The summed E-state index contributed by atoms with van der Waals surface area (Å²) in [7, 11) is -1.91. The predicted molar refractivity (Wildman–Crippen MR) is 82.1 cm³/mol. The van der Waals surface area contributed by atoms with Crippen molar-refractivity contribution in [2.45, 2.75) is 63.8 Å². The van der Waals surface area contributed by atoms with E-state index in [4.69, 9.17) is 4.43 Å². The van der Waals surface area contributed by atoms with Crippen LogP contribution in [0.15, 0.2) is 30.3 Å². The topological polar surface area (TPSA) is 29.5 Å². The van der Waals surface area contributed by atoms with Crippen molar-refractivity contribution in [3.63, 3.8) is 0 Å². The van der Waals surface area contributed by atoms with Crippen LogP contribution in [0.2, 0.25) is 13.1 Å². The molecule has 0 saturated heterocycles. The van der Waals surface area contributed by atoms with Gasteiger partial charge in [0.05, 0.1) is 12.2 Å². The predicted octanol–water partition coefficient (Wildman–Crippen LogP) is 3.20. The molecule has 1 aliphatic carbocycles. The molecule has 19 heavy (non-hydrogen) atoms. The lowest BCUT2D eigenvalue weighted by Crippen LogP contribution is -2.50. The van der Waals surface area contributed by atoms with Gasteiger partial charge in [-0.2, -0.15) is 0 Å². The quantitative estimate of drug-likeness (QED) is 0.860. The molecule has 2 atom stereocenters. The summed E-state index contributed by atoms with van der Waals surface area (Å²) < 4.78 is 6.40. The fourth-order valence-corrected chi connectivity index (χ4v) is 5.02. The summed E-state index contributed by atoms with van der Waals surface area (Å²) in [6.45, 7) is 4.46. The van der Waals surface area contributed by atoms with Crippen LogP contribution in [-0.2, 0) is 4.43 Å². The molecule has 1 N–H and O–H groups in total. The zero-order valence-corrected chi connectivity index (χ0v) is 13.1. The zero-order valence-electron chi connectivity index (χ0n) is 12.1. The molecule has 0 heterocycles. The second kappa shape index (κ2) is 6.68. The smallest absolute Gasteiger partial charge is 0.218 e. The fourth-order valence-electron chi connectivity index (χ4n) is 2.85. The molecule has 0 aliphatic heterocycles. The van der Waals surface area contributed by atoms with Gasteiger partial charge < -0.3 is 9.53 Å². The summed E-state index contributed by atoms with van der Waals surface area (Å²) in [5.74, 6) is 0. The highest BCUT2D eigenvalue weighted by Gasteiger charge is 2.32. The first kappa shape index (κ1) is 14.8. The second-order valence-corrected chi connectivity index (χ2v) is 9.93. The maximum absolute atomic E-state index is 10.3. The van der Waals surface area contributed by atoms with Crippen molar-refractivity contribution in [2.24, 2.45) is 0 Å². The minimum atomic E-state index is -1.91. The Morgan fingerprint density at radius 2 is 1.63 bits per heavy atom. The maximum atomic E-state index is 10.3. The van der Waals surface area contributed by atoms with Crippen LogP contribution < -0.4 is 5.19 Å². The molecule has 0 spiro atoms. The molecule has 2 nitrogen and oxygen atoms in total. The zero-order chi connectivity index (χ0) is 13.7. The van der Waals surface area contributed by atoms with Gasteiger partial charge in [-0.1, -0.05) is 56.0 Å². The van der Waals surface area contributed by atoms with Crippen LogP contribution in [0.5, 0.6) is 0 Å². The highest BCUT2D eigenvalue weighted by Crippen LogP contribution is 2.23. The Labute approximate surface area is 117 Å². The molecular weight excluding hydrogens is 252 g/mol. The molecule has 1 aromatic rings. The molecule has 0 bridgehead atoms. The van der Waals surface area contributed by atoms with E-state index in [9.17, 15) is 5.11 Å². The Kier molecular flexibility index (Phi) is 5.19. The Bertz CT molecular complexity index is 378. The fraction of sp³-hybridized carbons (Fsp3) is 0.625. The summed E-state index contributed by atoms with van der Waals surface area (Å²) >= 11 is 0. The van der Waals surface area contributed by atoms with Crippen molar-refractivity contribution in [3.8, 4) is 0 Å². The van der Waals surface area contributed by atoms with Gasteiger partial charge >= 0.3 is 0 Å². The normalized spacial score (nSPS) is 25.6. The maximum Gasteiger partial charge on any atom is 0.218 e. The van der Waals surface area contributed by atoms with Gasteiger partial charge in [0.1, 0.15) is 0 Å². The number of aliphatic hydroxyl groups excluding tert-OH is 1. The van der Waals surface area contributed by atoms with E-state index in [1.54, 1.807) is 0 Å². The molecule has 3 heteroatoms. The van der Waals surface area contributed by atoms with Crippen molar-refractivity contribution in [3.05, 3.63) is 30.3 Å². The first-order chi connectivity index (χ1) is 9.09. The first-order valence-corrected chi connectivity index (χ1v) is 10.4. The van der Waals surface area contributed by atoms with Gasteiger partial charge in [-0.3, -0.25) is 0 Å². The largest absolute Gasteiger partial charge is 0.407 e. The van der Waals surface area contributed by atoms with E-state index >= 15 is 0 Å². The van der Waals surface area contributed by atoms with E-state index in [-0.39, 0.29) is 12.2 Å². The first-order valence-electron chi connectivity index (χ1n) is 7.51. The van der Waals surface area contributed by atoms with Crippen LogP contribution in [0.4, 0.5) is 0 Å². The molecule has 106 valence electrons. The molecular formula is C16H26O2Si. The third-order valence-electron chi connectivity index (χ3n) is 4.08. The van der Waals surface area contributed by atoms with E-state index in [0.29, 0.717) is 0 Å². The van der Waals surface area contributed by atoms with E-state index in [2.05, 4.69) is 37.4 Å². The van der Waals surface area contributed by atoms with Gasteiger partial charge in [-0.25, -0.2) is 0 Å². The van der Waals surface area contributed by atoms with E-state index in [0.717, 1.165) is 19.3 Å². The lowest BCUT2D eigenvalue weighted by molar-refractivity contribution is 0.0152. The van der Waals surface area contributed by atoms with Gasteiger partial charge in [0.25, 0.3) is 0 Å². The van der Waals surface area contributed by atoms with Gasteiger partial charge in [-0.05, 0) is 31.1 Å². The van der Waals surface area contributed by atoms with Gasteiger partial charge in [0, 0.05) is 0 Å². The minimum Gasteiger partial charge on any atom is -0.407 e. The molecule has 0 amide bonds. The summed E-state index contributed by atoms with van der Waals surface area (Å²) in [5.41, 5.74) is 0. The van der Waals surface area contributed by atoms with Crippen LogP contribution in [0, 0.1) is 0 Å². The summed E-state index contributed by atoms with van der Waals surface area (Å²) in [6, 6.07) is 10.5. The minimum absolute atomic E-state index is 0.0298. The third kappa shape index (κ3) is 4.16. The van der Waals surface area contributed by atoms with Crippen molar-refractivity contribution < 1.29 is 9.53 Å². The molecule has 2 rings (SSSR count). The Hall–Kier alpha value is -0.643. The molecule has 1 saturated carbocycles. The lowest BCUT2D eigenvalue weighted by Gasteiger charge is -2.33. The Morgan fingerprint density at radius 1 is 1.00 bits per heavy atom. The molecule has 0 aromatic heterocycles. The highest BCUT2D eigenvalue weighted by atomic mass is 28.4. The Balaban J connectivity index is 2.05. The van der Waals surface area contributed by atoms with Crippen LogP contribution >= 0.6 is 0 Å². The van der Waals surface area contributed by atoms with Crippen LogP contribution in [0.1, 0.15) is 38.5 Å². The molecule has 1 fully saturated rings. The van der Waals surface area contributed by atoms with Crippen LogP contribution in [0.3, 0.4) is 0 Å². The second-order valence-electron chi connectivity index (χ2n) is 6.09. The van der Waals surface area contributed by atoms with E-state index in [1.807, 2.05) is 6.07 Å².